The Morgan fingerprint density at radius 2 is 2.07 bits per heavy atom. The Labute approximate surface area is 173 Å². The van der Waals surface area contributed by atoms with Gasteiger partial charge in [0.15, 0.2) is 0 Å². The molecule has 0 aliphatic carbocycles. The van der Waals surface area contributed by atoms with Crippen LogP contribution in [0.4, 0.5) is 10.5 Å². The molecule has 3 rings (SSSR count). The number of nitrogens with zero attached hydrogens (tertiary/aromatic N) is 4. The van der Waals surface area contributed by atoms with Crippen molar-refractivity contribution in [3.63, 3.8) is 0 Å². The molecule has 1 atom stereocenters. The molecule has 0 saturated heterocycles. The first-order valence-corrected chi connectivity index (χ1v) is 9.57. The Morgan fingerprint density at radius 3 is 2.67 bits per heavy atom. The van der Waals surface area contributed by atoms with Gasteiger partial charge in [0.2, 0.25) is 0 Å². The van der Waals surface area contributed by atoms with Gasteiger partial charge in [0.1, 0.15) is 18.3 Å². The number of nitro groups is 1. The minimum atomic E-state index is -0.471. The Bertz CT molecular complexity index is 939. The van der Waals surface area contributed by atoms with E-state index in [9.17, 15) is 19.7 Å². The summed E-state index contributed by atoms with van der Waals surface area (Å²) in [7, 11) is 1.54. The second-order valence-corrected chi connectivity index (χ2v) is 6.91. The molecular formula is C20H23N5O5. The highest BCUT2D eigenvalue weighted by atomic mass is 16.6. The number of rotatable bonds is 7. The number of furan rings is 1. The number of amides is 3. The molecule has 3 amide bonds. The van der Waals surface area contributed by atoms with Gasteiger partial charge in [0.05, 0.1) is 16.9 Å². The van der Waals surface area contributed by atoms with Crippen LogP contribution in [0.1, 0.15) is 37.1 Å². The molecule has 10 nitrogen and oxygen atoms in total. The standard InChI is InChI=1S/C20H23N5O5/c1-3-10-21-20(27)23(2)13-19(26)24-17(18-5-4-11-30-18)12-16(22-24)14-6-8-15(9-7-14)25(28)29/h4-9,11,17H,3,10,12-13H2,1-2H3,(H,21,27)/t17-/m1/s1. The average molecular weight is 413 g/mol. The number of nitro benzene ring substituents is 1. The quantitative estimate of drug-likeness (QED) is 0.552. The zero-order valence-corrected chi connectivity index (χ0v) is 16.8. The minimum absolute atomic E-state index is 0.0208. The van der Waals surface area contributed by atoms with E-state index in [-0.39, 0.29) is 24.2 Å². The third kappa shape index (κ3) is 4.65. The zero-order valence-electron chi connectivity index (χ0n) is 16.8. The maximum Gasteiger partial charge on any atom is 0.317 e. The van der Waals surface area contributed by atoms with Crippen molar-refractivity contribution in [3.8, 4) is 0 Å². The number of non-ortho nitro benzene ring substituents is 1. The second-order valence-electron chi connectivity index (χ2n) is 6.91. The van der Waals surface area contributed by atoms with E-state index in [1.165, 1.54) is 28.3 Å². The lowest BCUT2D eigenvalue weighted by Gasteiger charge is -2.23. The van der Waals surface area contributed by atoms with Crippen LogP contribution in [0.5, 0.6) is 0 Å². The zero-order chi connectivity index (χ0) is 21.7. The van der Waals surface area contributed by atoms with E-state index in [1.807, 2.05) is 6.92 Å². The molecule has 1 aromatic carbocycles. The lowest BCUT2D eigenvalue weighted by molar-refractivity contribution is -0.384. The largest absolute Gasteiger partial charge is 0.467 e. The molecule has 30 heavy (non-hydrogen) atoms. The molecule has 1 aromatic heterocycles. The Morgan fingerprint density at radius 1 is 1.33 bits per heavy atom. The Kier molecular flexibility index (Phi) is 6.45. The highest BCUT2D eigenvalue weighted by molar-refractivity contribution is 6.03. The van der Waals surface area contributed by atoms with Crippen LogP contribution < -0.4 is 5.32 Å². The van der Waals surface area contributed by atoms with E-state index in [2.05, 4.69) is 10.4 Å². The summed E-state index contributed by atoms with van der Waals surface area (Å²) in [6, 6.07) is 8.71. The first kappa shape index (κ1) is 21.0. The summed E-state index contributed by atoms with van der Waals surface area (Å²) in [6.45, 7) is 2.32. The minimum Gasteiger partial charge on any atom is -0.467 e. The van der Waals surface area contributed by atoms with E-state index in [0.717, 1.165) is 6.42 Å². The molecule has 0 radical (unpaired) electrons. The number of benzene rings is 1. The van der Waals surface area contributed by atoms with Gasteiger partial charge in [0.25, 0.3) is 11.6 Å². The molecule has 2 heterocycles. The van der Waals surface area contributed by atoms with Gasteiger partial charge in [0, 0.05) is 32.1 Å². The lowest BCUT2D eigenvalue weighted by Crippen LogP contribution is -2.43. The molecule has 0 spiro atoms. The van der Waals surface area contributed by atoms with Crippen molar-refractivity contribution in [1.82, 2.24) is 15.2 Å². The molecule has 0 saturated carbocycles. The van der Waals surface area contributed by atoms with Crippen LogP contribution in [0.15, 0.2) is 52.2 Å². The molecule has 0 bridgehead atoms. The summed E-state index contributed by atoms with van der Waals surface area (Å²) in [4.78, 5) is 36.7. The highest BCUT2D eigenvalue weighted by Crippen LogP contribution is 2.33. The highest BCUT2D eigenvalue weighted by Gasteiger charge is 2.35. The predicted octanol–water partition coefficient (Wildman–Crippen LogP) is 2.92. The van der Waals surface area contributed by atoms with Crippen LogP contribution in [-0.2, 0) is 4.79 Å². The fourth-order valence-electron chi connectivity index (χ4n) is 3.11. The first-order chi connectivity index (χ1) is 14.4. The summed E-state index contributed by atoms with van der Waals surface area (Å²) < 4.78 is 5.49. The van der Waals surface area contributed by atoms with Gasteiger partial charge in [-0.25, -0.2) is 9.80 Å². The number of hydrogen-bond donors (Lipinski definition) is 1. The van der Waals surface area contributed by atoms with Crippen molar-refractivity contribution in [2.45, 2.75) is 25.8 Å². The van der Waals surface area contributed by atoms with Crippen molar-refractivity contribution in [3.05, 3.63) is 64.1 Å². The Hall–Kier alpha value is -3.69. The molecule has 10 heteroatoms. The van der Waals surface area contributed by atoms with Crippen LogP contribution in [0.3, 0.4) is 0 Å². The van der Waals surface area contributed by atoms with Crippen molar-refractivity contribution >= 4 is 23.3 Å². The fraction of sp³-hybridized carbons (Fsp3) is 0.350. The lowest BCUT2D eigenvalue weighted by atomic mass is 10.0. The molecule has 1 aliphatic heterocycles. The maximum atomic E-state index is 12.9. The topological polar surface area (TPSA) is 121 Å². The van der Waals surface area contributed by atoms with Gasteiger partial charge >= 0.3 is 6.03 Å². The second kappa shape index (κ2) is 9.21. The molecule has 1 N–H and O–H groups in total. The SMILES string of the molecule is CCCNC(=O)N(C)CC(=O)N1N=C(c2ccc([N+](=O)[O-])cc2)C[C@@H]1c1ccco1. The summed E-state index contributed by atoms with van der Waals surface area (Å²) >= 11 is 0. The van der Waals surface area contributed by atoms with E-state index in [4.69, 9.17) is 4.42 Å². The van der Waals surface area contributed by atoms with Crippen LogP contribution >= 0.6 is 0 Å². The van der Waals surface area contributed by atoms with Gasteiger partial charge in [-0.15, -0.1) is 0 Å². The summed E-state index contributed by atoms with van der Waals surface area (Å²) in [5.74, 6) is 0.213. The van der Waals surface area contributed by atoms with Crippen LogP contribution in [0.2, 0.25) is 0 Å². The molecule has 0 unspecified atom stereocenters. The first-order valence-electron chi connectivity index (χ1n) is 9.57. The van der Waals surface area contributed by atoms with Gasteiger partial charge in [-0.1, -0.05) is 6.92 Å². The molecule has 1 aliphatic rings. The van der Waals surface area contributed by atoms with Gasteiger partial charge < -0.3 is 14.6 Å². The Balaban J connectivity index is 1.80. The van der Waals surface area contributed by atoms with Crippen molar-refractivity contribution in [2.24, 2.45) is 5.10 Å². The summed E-state index contributed by atoms with van der Waals surface area (Å²) in [5, 5.41) is 19.4. The third-order valence-electron chi connectivity index (χ3n) is 4.69. The van der Waals surface area contributed by atoms with Crippen molar-refractivity contribution < 1.29 is 18.9 Å². The maximum absolute atomic E-state index is 12.9. The van der Waals surface area contributed by atoms with Crippen LogP contribution in [0.25, 0.3) is 0 Å². The monoisotopic (exact) mass is 413 g/mol. The molecule has 158 valence electrons. The normalized spacial score (nSPS) is 15.6. The summed E-state index contributed by atoms with van der Waals surface area (Å²) in [5.41, 5.74) is 1.27. The van der Waals surface area contributed by atoms with Gasteiger partial charge in [-0.3, -0.25) is 14.9 Å². The third-order valence-corrected chi connectivity index (χ3v) is 4.69. The van der Waals surface area contributed by atoms with E-state index in [0.29, 0.717) is 30.0 Å². The molecule has 0 fully saturated rings. The van der Waals surface area contributed by atoms with Gasteiger partial charge in [-0.2, -0.15) is 5.10 Å². The van der Waals surface area contributed by atoms with Gasteiger partial charge in [-0.05, 0) is 36.2 Å². The smallest absolute Gasteiger partial charge is 0.317 e. The number of carbonyl (C=O) groups is 2. The number of hydrazone groups is 1. The number of carbonyl (C=O) groups excluding carboxylic acids is 2. The predicted molar refractivity (Wildman–Crippen MR) is 109 cm³/mol. The van der Waals surface area contributed by atoms with Crippen LogP contribution in [-0.4, -0.2) is 52.6 Å². The number of urea groups is 1. The summed E-state index contributed by atoms with van der Waals surface area (Å²) in [6.07, 6.45) is 2.71. The number of nitrogens with one attached hydrogen (secondary N) is 1. The molecule has 2 aromatic rings. The fourth-order valence-corrected chi connectivity index (χ4v) is 3.11. The van der Waals surface area contributed by atoms with E-state index >= 15 is 0 Å². The molecular weight excluding hydrogens is 390 g/mol. The van der Waals surface area contributed by atoms with Crippen molar-refractivity contribution in [2.75, 3.05) is 20.1 Å². The van der Waals surface area contributed by atoms with Crippen LogP contribution in [0, 0.1) is 10.1 Å². The van der Waals surface area contributed by atoms with Crippen molar-refractivity contribution in [1.29, 1.82) is 0 Å². The van der Waals surface area contributed by atoms with E-state index < -0.39 is 11.0 Å². The van der Waals surface area contributed by atoms with E-state index in [1.54, 1.807) is 31.3 Å². The number of likely N-dealkylation sites (N-methyl/N-ethyl adjacent to an activating group) is 1. The average Bonchev–Trinajstić information content (AvgIpc) is 3.41. The number of hydrogen-bond acceptors (Lipinski definition) is 6.